The normalized spacial score (nSPS) is 14.5. The van der Waals surface area contributed by atoms with E-state index in [1.807, 2.05) is 13.8 Å². The van der Waals surface area contributed by atoms with Crippen LogP contribution in [-0.4, -0.2) is 51.3 Å². The van der Waals surface area contributed by atoms with Crippen molar-refractivity contribution in [1.29, 1.82) is 0 Å². The van der Waals surface area contributed by atoms with Crippen molar-refractivity contribution in [2.24, 2.45) is 0 Å². The Morgan fingerprint density at radius 2 is 2.09 bits per heavy atom. The molecule has 3 heterocycles. The second-order valence-electron chi connectivity index (χ2n) is 7.34. The van der Waals surface area contributed by atoms with Gasteiger partial charge in [0.15, 0.2) is 5.01 Å². The number of ether oxygens (including phenoxy) is 1. The van der Waals surface area contributed by atoms with Crippen molar-refractivity contribution in [3.05, 3.63) is 41.4 Å². The Morgan fingerprint density at radius 3 is 2.82 bits per heavy atom. The number of carbonyl (C=O) groups excluding carboxylic acids is 1. The van der Waals surface area contributed by atoms with E-state index in [9.17, 15) is 13.2 Å². The van der Waals surface area contributed by atoms with Crippen LogP contribution in [0.1, 0.15) is 54.6 Å². The third-order valence-corrected chi connectivity index (χ3v) is 7.63. The molecule has 3 aromatic rings. The molecule has 1 saturated carbocycles. The Bertz CT molecular complexity index is 1240. The van der Waals surface area contributed by atoms with Gasteiger partial charge in [-0.2, -0.15) is 0 Å². The van der Waals surface area contributed by atoms with Crippen LogP contribution in [0.3, 0.4) is 0 Å². The minimum atomic E-state index is -3.39. The highest BCUT2D eigenvalue weighted by molar-refractivity contribution is 7.93. The highest BCUT2D eigenvalue weighted by Crippen LogP contribution is 2.30. The van der Waals surface area contributed by atoms with Gasteiger partial charge in [0, 0.05) is 6.20 Å². The molecule has 1 amide bonds. The molecule has 1 atom stereocenters. The first-order valence-electron chi connectivity index (χ1n) is 10.5. The number of sulfonamides is 1. The van der Waals surface area contributed by atoms with Gasteiger partial charge in [-0.1, -0.05) is 18.3 Å². The summed E-state index contributed by atoms with van der Waals surface area (Å²) in [5.41, 5.74) is 1.43. The lowest BCUT2D eigenvalue weighted by atomic mass is 10.1. The molecule has 1 aliphatic rings. The number of pyridine rings is 1. The van der Waals surface area contributed by atoms with Crippen LogP contribution in [0.2, 0.25) is 0 Å². The molecule has 0 unspecified atom stereocenters. The number of nitrogens with one attached hydrogen (secondary N) is 2. The Balaban J connectivity index is 1.46. The van der Waals surface area contributed by atoms with Crippen molar-refractivity contribution in [2.75, 3.05) is 11.3 Å². The third kappa shape index (κ3) is 5.60. The zero-order valence-corrected chi connectivity index (χ0v) is 19.7. The molecule has 1 aliphatic carbocycles. The van der Waals surface area contributed by atoms with Crippen molar-refractivity contribution in [3.8, 4) is 16.6 Å². The predicted molar refractivity (Wildman–Crippen MR) is 122 cm³/mol. The Morgan fingerprint density at radius 1 is 1.27 bits per heavy atom. The molecule has 13 heteroatoms. The molecule has 0 aromatic carbocycles. The molecule has 3 aromatic heterocycles. The molecule has 1 fully saturated rings. The number of carbonyl (C=O) groups is 1. The second-order valence-corrected chi connectivity index (χ2v) is 10.3. The van der Waals surface area contributed by atoms with Gasteiger partial charge in [0.2, 0.25) is 20.9 Å². The standard InChI is InChI=1S/C20H23N7O4S2/c1-3-14(15-9-12(7-8-22-15)27-33(29,30)13-5-6-13)24-18(28)20-26-25-19(32-20)16-10-21-11-17(23-16)31-4-2/h7-11,13-14H,3-6H2,1-2H3,(H,22,27)(H,24,28)/t14-/m1/s1. The summed E-state index contributed by atoms with van der Waals surface area (Å²) >= 11 is 1.09. The van der Waals surface area contributed by atoms with Crippen LogP contribution in [0.4, 0.5) is 5.69 Å². The maximum atomic E-state index is 12.8. The minimum absolute atomic E-state index is 0.164. The van der Waals surface area contributed by atoms with Crippen molar-refractivity contribution < 1.29 is 17.9 Å². The molecule has 0 radical (unpaired) electrons. The number of anilines is 1. The monoisotopic (exact) mass is 489 g/mol. The first-order chi connectivity index (χ1) is 15.9. The highest BCUT2D eigenvalue weighted by Gasteiger charge is 2.35. The second kappa shape index (κ2) is 9.75. The van der Waals surface area contributed by atoms with E-state index in [4.69, 9.17) is 4.74 Å². The van der Waals surface area contributed by atoms with E-state index in [0.717, 1.165) is 11.3 Å². The van der Waals surface area contributed by atoms with Crippen LogP contribution >= 0.6 is 11.3 Å². The molecule has 2 N–H and O–H groups in total. The van der Waals surface area contributed by atoms with Gasteiger partial charge in [-0.15, -0.1) is 10.2 Å². The summed E-state index contributed by atoms with van der Waals surface area (Å²) in [4.78, 5) is 25.5. The van der Waals surface area contributed by atoms with Crippen molar-refractivity contribution in [3.63, 3.8) is 0 Å². The van der Waals surface area contributed by atoms with Crippen LogP contribution in [0, 0.1) is 0 Å². The number of rotatable bonds is 10. The van der Waals surface area contributed by atoms with Gasteiger partial charge in [-0.25, -0.2) is 13.4 Å². The van der Waals surface area contributed by atoms with E-state index in [2.05, 4.69) is 35.2 Å². The molecule has 174 valence electrons. The summed E-state index contributed by atoms with van der Waals surface area (Å²) in [6.45, 7) is 4.20. The molecular formula is C20H23N7O4S2. The Kier molecular flexibility index (Phi) is 6.79. The molecule has 33 heavy (non-hydrogen) atoms. The van der Waals surface area contributed by atoms with E-state index < -0.39 is 22.0 Å². The van der Waals surface area contributed by atoms with Crippen LogP contribution in [0.5, 0.6) is 5.88 Å². The van der Waals surface area contributed by atoms with E-state index in [1.54, 1.807) is 12.1 Å². The van der Waals surface area contributed by atoms with Gasteiger partial charge in [0.05, 0.1) is 41.7 Å². The first-order valence-corrected chi connectivity index (χ1v) is 12.8. The number of hydrogen-bond donors (Lipinski definition) is 2. The van der Waals surface area contributed by atoms with E-state index in [1.165, 1.54) is 18.6 Å². The fraction of sp³-hybridized carbons (Fsp3) is 0.400. The summed E-state index contributed by atoms with van der Waals surface area (Å²) < 4.78 is 32.4. The molecule has 0 saturated heterocycles. The van der Waals surface area contributed by atoms with Crippen LogP contribution in [-0.2, 0) is 10.0 Å². The summed E-state index contributed by atoms with van der Waals surface area (Å²) in [6, 6.07) is 2.79. The third-order valence-electron chi connectivity index (χ3n) is 4.82. The molecule has 0 bridgehead atoms. The van der Waals surface area contributed by atoms with E-state index in [0.29, 0.717) is 53.8 Å². The maximum Gasteiger partial charge on any atom is 0.282 e. The lowest BCUT2D eigenvalue weighted by Gasteiger charge is -2.16. The van der Waals surface area contributed by atoms with E-state index >= 15 is 0 Å². The predicted octanol–water partition coefficient (Wildman–Crippen LogP) is 2.57. The smallest absolute Gasteiger partial charge is 0.282 e. The van der Waals surface area contributed by atoms with Gasteiger partial charge in [-0.3, -0.25) is 19.5 Å². The molecule has 11 nitrogen and oxygen atoms in total. The Labute approximate surface area is 195 Å². The molecule has 4 rings (SSSR count). The van der Waals surface area contributed by atoms with Crippen LogP contribution in [0.15, 0.2) is 30.7 Å². The van der Waals surface area contributed by atoms with Gasteiger partial charge in [-0.05, 0) is 38.3 Å². The fourth-order valence-electron chi connectivity index (χ4n) is 3.02. The van der Waals surface area contributed by atoms with Crippen molar-refractivity contribution >= 4 is 33.0 Å². The van der Waals surface area contributed by atoms with E-state index in [-0.39, 0.29) is 10.3 Å². The average Bonchev–Trinajstić information content (AvgIpc) is 3.56. The number of amides is 1. The SMILES string of the molecule is CCOc1cncc(-c2nnc(C(=O)N[C@H](CC)c3cc(NS(=O)(=O)C4CC4)ccn3)s2)n1. The average molecular weight is 490 g/mol. The summed E-state index contributed by atoms with van der Waals surface area (Å²) in [5.74, 6) is -0.0456. The number of nitrogens with zero attached hydrogens (tertiary/aromatic N) is 5. The minimum Gasteiger partial charge on any atom is -0.477 e. The molecular weight excluding hydrogens is 466 g/mol. The Hall–Kier alpha value is -3.19. The topological polar surface area (TPSA) is 149 Å². The van der Waals surface area contributed by atoms with Crippen LogP contribution < -0.4 is 14.8 Å². The van der Waals surface area contributed by atoms with Crippen molar-refractivity contribution in [1.82, 2.24) is 30.5 Å². The quantitative estimate of drug-likeness (QED) is 0.438. The molecule has 0 aliphatic heterocycles. The summed E-state index contributed by atoms with van der Waals surface area (Å²) in [7, 11) is -3.39. The van der Waals surface area contributed by atoms with Gasteiger partial charge >= 0.3 is 0 Å². The number of aromatic nitrogens is 5. The number of hydrogen-bond acceptors (Lipinski definition) is 10. The lowest BCUT2D eigenvalue weighted by molar-refractivity contribution is 0.0933. The largest absolute Gasteiger partial charge is 0.477 e. The molecule has 0 spiro atoms. The van der Waals surface area contributed by atoms with Gasteiger partial charge < -0.3 is 10.1 Å². The van der Waals surface area contributed by atoms with Gasteiger partial charge in [0.1, 0.15) is 5.69 Å². The first kappa shape index (κ1) is 23.0. The summed E-state index contributed by atoms with van der Waals surface area (Å²) in [5, 5.41) is 11.2. The van der Waals surface area contributed by atoms with Crippen LogP contribution in [0.25, 0.3) is 10.7 Å². The summed E-state index contributed by atoms with van der Waals surface area (Å²) in [6.07, 6.45) is 6.43. The lowest BCUT2D eigenvalue weighted by Crippen LogP contribution is -2.29. The highest BCUT2D eigenvalue weighted by atomic mass is 32.2. The maximum absolute atomic E-state index is 12.8. The van der Waals surface area contributed by atoms with Crippen molar-refractivity contribution in [2.45, 2.75) is 44.4 Å². The zero-order chi connectivity index (χ0) is 23.4. The zero-order valence-electron chi connectivity index (χ0n) is 18.1. The van der Waals surface area contributed by atoms with Gasteiger partial charge in [0.25, 0.3) is 5.91 Å². The fourth-order valence-corrected chi connectivity index (χ4v) is 5.10.